The van der Waals surface area contributed by atoms with E-state index in [0.29, 0.717) is 12.0 Å². The Morgan fingerprint density at radius 1 is 1.08 bits per heavy atom. The number of carbonyl (C=O) groups excluding carboxylic acids is 2. The lowest BCUT2D eigenvalue weighted by Crippen LogP contribution is -2.23. The maximum atomic E-state index is 12.6. The van der Waals surface area contributed by atoms with Crippen LogP contribution < -0.4 is 5.73 Å². The molecule has 0 bridgehead atoms. The second kappa shape index (κ2) is 7.68. The van der Waals surface area contributed by atoms with Crippen LogP contribution >= 0.6 is 0 Å². The number of nitrogens with zero attached hydrogens (tertiary/aromatic N) is 1. The Kier molecular flexibility index (Phi) is 5.16. The summed E-state index contributed by atoms with van der Waals surface area (Å²) >= 11 is 0. The number of rotatable bonds is 7. The van der Waals surface area contributed by atoms with E-state index in [-0.39, 0.29) is 18.2 Å². The van der Waals surface area contributed by atoms with Crippen LogP contribution in [0.15, 0.2) is 60.9 Å². The summed E-state index contributed by atoms with van der Waals surface area (Å²) in [5.74, 6) is -0.299. The zero-order valence-corrected chi connectivity index (χ0v) is 13.7. The molecule has 5 nitrogen and oxygen atoms in total. The summed E-state index contributed by atoms with van der Waals surface area (Å²) < 4.78 is 0. The van der Waals surface area contributed by atoms with Gasteiger partial charge in [0.15, 0.2) is 0 Å². The molecule has 126 valence electrons. The van der Waals surface area contributed by atoms with Crippen LogP contribution in [0.2, 0.25) is 0 Å². The minimum absolute atomic E-state index is 0.0671. The highest BCUT2D eigenvalue weighted by atomic mass is 16.1. The van der Waals surface area contributed by atoms with Gasteiger partial charge in [0.05, 0.1) is 12.1 Å². The van der Waals surface area contributed by atoms with Crippen molar-refractivity contribution in [1.82, 2.24) is 10.2 Å². The fourth-order valence-corrected chi connectivity index (χ4v) is 2.81. The monoisotopic (exact) mass is 333 g/mol. The number of aromatic amines is 1. The molecule has 0 aliphatic heterocycles. The summed E-state index contributed by atoms with van der Waals surface area (Å²) in [7, 11) is 0. The summed E-state index contributed by atoms with van der Waals surface area (Å²) in [5.41, 5.74) is 10.2. The fraction of sp³-hybridized carbons (Fsp3) is 0.150. The predicted octanol–water partition coefficient (Wildman–Crippen LogP) is 2.74. The van der Waals surface area contributed by atoms with Crippen LogP contribution in [0.1, 0.15) is 27.4 Å². The quantitative estimate of drug-likeness (QED) is 0.651. The zero-order valence-electron chi connectivity index (χ0n) is 13.7. The summed E-state index contributed by atoms with van der Waals surface area (Å²) in [6.07, 6.45) is 4.69. The van der Waals surface area contributed by atoms with Crippen molar-refractivity contribution < 1.29 is 9.59 Å². The highest BCUT2D eigenvalue weighted by Gasteiger charge is 2.19. The molecule has 3 rings (SSSR count). The molecule has 1 heterocycles. The number of benzene rings is 2. The maximum absolute atomic E-state index is 12.6. The molecule has 3 N–H and O–H groups in total. The summed E-state index contributed by atoms with van der Waals surface area (Å²) in [5, 5.41) is 6.72. The molecule has 0 aliphatic carbocycles. The van der Waals surface area contributed by atoms with Crippen LogP contribution in [0.5, 0.6) is 0 Å². The molecule has 3 aromatic rings. The lowest BCUT2D eigenvalue weighted by Gasteiger charge is -2.14. The van der Waals surface area contributed by atoms with Crippen molar-refractivity contribution in [2.24, 2.45) is 5.73 Å². The Bertz CT molecular complexity index is 838. The SMILES string of the molecule is NCC(C(=O)Cc1ccc(-c2cn[nH]c2)cc1)c1ccc(C=O)cc1. The van der Waals surface area contributed by atoms with Crippen molar-refractivity contribution in [1.29, 1.82) is 0 Å². The van der Waals surface area contributed by atoms with E-state index in [4.69, 9.17) is 5.73 Å². The second-order valence-corrected chi connectivity index (χ2v) is 5.90. The van der Waals surface area contributed by atoms with Gasteiger partial charge in [-0.2, -0.15) is 5.10 Å². The van der Waals surface area contributed by atoms with Gasteiger partial charge in [0.25, 0.3) is 0 Å². The van der Waals surface area contributed by atoms with Crippen LogP contribution in [0.3, 0.4) is 0 Å². The number of Topliss-reactive ketones (excluding diaryl/α,β-unsaturated/α-hetero) is 1. The van der Waals surface area contributed by atoms with E-state index in [1.807, 2.05) is 30.5 Å². The van der Waals surface area contributed by atoms with Crippen molar-refractivity contribution in [2.75, 3.05) is 6.54 Å². The second-order valence-electron chi connectivity index (χ2n) is 5.90. The third-order valence-electron chi connectivity index (χ3n) is 4.26. The minimum atomic E-state index is -0.366. The first-order chi connectivity index (χ1) is 12.2. The highest BCUT2D eigenvalue weighted by molar-refractivity contribution is 5.88. The number of nitrogens with two attached hydrogens (primary N) is 1. The Morgan fingerprint density at radius 2 is 1.80 bits per heavy atom. The number of hydrogen-bond donors (Lipinski definition) is 2. The largest absolute Gasteiger partial charge is 0.329 e. The lowest BCUT2D eigenvalue weighted by atomic mass is 9.90. The van der Waals surface area contributed by atoms with E-state index in [1.165, 1.54) is 0 Å². The number of aldehydes is 1. The van der Waals surface area contributed by atoms with Gasteiger partial charge >= 0.3 is 0 Å². The normalized spacial score (nSPS) is 11.9. The first kappa shape index (κ1) is 16.8. The van der Waals surface area contributed by atoms with E-state index in [9.17, 15) is 9.59 Å². The Hall–Kier alpha value is -3.05. The number of H-pyrrole nitrogens is 1. The van der Waals surface area contributed by atoms with Crippen LogP contribution in [0.25, 0.3) is 11.1 Å². The zero-order chi connectivity index (χ0) is 17.6. The molecular formula is C20H19N3O2. The molecule has 0 spiro atoms. The minimum Gasteiger partial charge on any atom is -0.329 e. The fourth-order valence-electron chi connectivity index (χ4n) is 2.81. The molecule has 1 aromatic heterocycles. The maximum Gasteiger partial charge on any atom is 0.150 e. The first-order valence-electron chi connectivity index (χ1n) is 8.07. The molecule has 0 fully saturated rings. The highest BCUT2D eigenvalue weighted by Crippen LogP contribution is 2.21. The molecule has 0 saturated carbocycles. The van der Waals surface area contributed by atoms with E-state index in [0.717, 1.165) is 28.5 Å². The summed E-state index contributed by atoms with van der Waals surface area (Å²) in [6.45, 7) is 0.242. The van der Waals surface area contributed by atoms with Crippen LogP contribution in [-0.2, 0) is 11.2 Å². The average molecular weight is 333 g/mol. The topological polar surface area (TPSA) is 88.8 Å². The van der Waals surface area contributed by atoms with Crippen molar-refractivity contribution >= 4 is 12.1 Å². The van der Waals surface area contributed by atoms with Gasteiger partial charge in [-0.3, -0.25) is 14.7 Å². The van der Waals surface area contributed by atoms with Crippen molar-refractivity contribution in [3.63, 3.8) is 0 Å². The molecule has 2 aromatic carbocycles. The number of aromatic nitrogens is 2. The van der Waals surface area contributed by atoms with Gasteiger partial charge in [-0.1, -0.05) is 48.5 Å². The van der Waals surface area contributed by atoms with Crippen molar-refractivity contribution in [3.05, 3.63) is 77.6 Å². The molecule has 0 amide bonds. The van der Waals surface area contributed by atoms with E-state index >= 15 is 0 Å². The molecule has 1 unspecified atom stereocenters. The van der Waals surface area contributed by atoms with Crippen LogP contribution in [0, 0.1) is 0 Å². The van der Waals surface area contributed by atoms with Gasteiger partial charge in [-0.25, -0.2) is 0 Å². The number of ketones is 1. The first-order valence-corrected chi connectivity index (χ1v) is 8.07. The predicted molar refractivity (Wildman–Crippen MR) is 96.4 cm³/mol. The summed E-state index contributed by atoms with van der Waals surface area (Å²) in [6, 6.07) is 14.8. The third kappa shape index (κ3) is 3.89. The van der Waals surface area contributed by atoms with Gasteiger partial charge in [0, 0.05) is 30.3 Å². The van der Waals surface area contributed by atoms with Gasteiger partial charge < -0.3 is 5.73 Å². The molecule has 0 saturated heterocycles. The molecular weight excluding hydrogens is 314 g/mol. The molecule has 0 aliphatic rings. The number of nitrogens with one attached hydrogen (secondary N) is 1. The van der Waals surface area contributed by atoms with Crippen molar-refractivity contribution in [3.8, 4) is 11.1 Å². The van der Waals surface area contributed by atoms with E-state index in [2.05, 4.69) is 10.2 Å². The molecule has 0 radical (unpaired) electrons. The molecule has 5 heteroatoms. The number of hydrogen-bond acceptors (Lipinski definition) is 4. The van der Waals surface area contributed by atoms with E-state index in [1.54, 1.807) is 30.5 Å². The van der Waals surface area contributed by atoms with Crippen LogP contribution in [0.4, 0.5) is 0 Å². The number of carbonyl (C=O) groups is 2. The Labute approximate surface area is 145 Å². The van der Waals surface area contributed by atoms with Gasteiger partial charge in [-0.05, 0) is 16.7 Å². The standard InChI is InChI=1S/C20H19N3O2/c21-10-19(17-7-3-15(13-24)4-8-17)20(25)9-14-1-5-16(6-2-14)18-11-22-23-12-18/h1-8,11-13,19H,9-10,21H2,(H,22,23). The molecule has 25 heavy (non-hydrogen) atoms. The van der Waals surface area contributed by atoms with E-state index < -0.39 is 0 Å². The molecule has 1 atom stereocenters. The smallest absolute Gasteiger partial charge is 0.150 e. The Balaban J connectivity index is 1.72. The Morgan fingerprint density at radius 3 is 2.36 bits per heavy atom. The van der Waals surface area contributed by atoms with Crippen molar-refractivity contribution in [2.45, 2.75) is 12.3 Å². The lowest BCUT2D eigenvalue weighted by molar-refractivity contribution is -0.119. The average Bonchev–Trinajstić information content (AvgIpc) is 3.18. The van der Waals surface area contributed by atoms with Crippen LogP contribution in [-0.4, -0.2) is 28.8 Å². The summed E-state index contributed by atoms with van der Waals surface area (Å²) in [4.78, 5) is 23.4. The van der Waals surface area contributed by atoms with Gasteiger partial charge in [0.1, 0.15) is 12.1 Å². The van der Waals surface area contributed by atoms with Gasteiger partial charge in [0.2, 0.25) is 0 Å². The van der Waals surface area contributed by atoms with Gasteiger partial charge in [-0.15, -0.1) is 0 Å². The third-order valence-corrected chi connectivity index (χ3v) is 4.26.